The second-order valence-electron chi connectivity index (χ2n) is 7.68. The number of aromatic nitrogens is 3. The fourth-order valence-electron chi connectivity index (χ4n) is 3.70. The van der Waals surface area contributed by atoms with Crippen molar-refractivity contribution in [1.82, 2.24) is 19.9 Å². The number of anilines is 2. The van der Waals surface area contributed by atoms with Gasteiger partial charge < -0.3 is 15.5 Å². The Kier molecular flexibility index (Phi) is 6.89. The van der Waals surface area contributed by atoms with E-state index < -0.39 is 17.3 Å². The Morgan fingerprint density at radius 1 is 1.36 bits per heavy atom. The van der Waals surface area contributed by atoms with Crippen molar-refractivity contribution < 1.29 is 14.0 Å². The first-order valence-electron chi connectivity index (χ1n) is 10.5. The van der Waals surface area contributed by atoms with Crippen LogP contribution in [-0.2, 0) is 16.1 Å². The Morgan fingerprint density at radius 3 is 2.97 bits per heavy atom. The van der Waals surface area contributed by atoms with E-state index in [1.807, 2.05) is 11.8 Å². The molecule has 0 spiro atoms. The average molecular weight is 493 g/mol. The standard InChI is InChI=1S/C21H22ClFN6O3S/c1-2-24-19(31)12-4-3-7-28(9-12)21-27-18-17(33-21)20(32)29(11-25-18)10-16(30)26-15-8-13(23)5-6-14(15)22/h5-6,8,11-12H,2-4,7,9-10H2,1H3,(H,24,31)(H,26,30)/t12-/m0/s1. The lowest BCUT2D eigenvalue weighted by molar-refractivity contribution is -0.125. The number of amides is 2. The highest BCUT2D eigenvalue weighted by atomic mass is 35.5. The summed E-state index contributed by atoms with van der Waals surface area (Å²) in [6.07, 6.45) is 2.91. The van der Waals surface area contributed by atoms with Crippen molar-refractivity contribution >= 4 is 55.9 Å². The summed E-state index contributed by atoms with van der Waals surface area (Å²) in [5, 5.41) is 6.17. The van der Waals surface area contributed by atoms with E-state index in [0.717, 1.165) is 25.5 Å². The molecule has 0 saturated carbocycles. The first-order chi connectivity index (χ1) is 15.9. The third-order valence-electron chi connectivity index (χ3n) is 5.30. The monoisotopic (exact) mass is 492 g/mol. The largest absolute Gasteiger partial charge is 0.356 e. The number of rotatable bonds is 6. The summed E-state index contributed by atoms with van der Waals surface area (Å²) in [4.78, 5) is 48.3. The van der Waals surface area contributed by atoms with Crippen LogP contribution in [0.1, 0.15) is 19.8 Å². The number of carbonyl (C=O) groups excluding carboxylic acids is 2. The molecule has 3 aromatic rings. The minimum absolute atomic E-state index is 0.0215. The molecule has 12 heteroatoms. The Labute approximate surface area is 197 Å². The number of nitrogens with one attached hydrogen (secondary N) is 2. The van der Waals surface area contributed by atoms with Gasteiger partial charge in [-0.1, -0.05) is 22.9 Å². The molecule has 9 nitrogen and oxygen atoms in total. The second kappa shape index (κ2) is 9.84. The van der Waals surface area contributed by atoms with Crippen molar-refractivity contribution in [2.75, 3.05) is 29.9 Å². The number of nitrogens with zero attached hydrogens (tertiary/aromatic N) is 4. The number of benzene rings is 1. The maximum atomic E-state index is 13.4. The third kappa shape index (κ3) is 5.14. The lowest BCUT2D eigenvalue weighted by Gasteiger charge is -2.31. The van der Waals surface area contributed by atoms with Crippen LogP contribution in [0.3, 0.4) is 0 Å². The molecule has 3 heterocycles. The van der Waals surface area contributed by atoms with Crippen molar-refractivity contribution in [2.45, 2.75) is 26.3 Å². The highest BCUT2D eigenvalue weighted by Gasteiger charge is 2.27. The van der Waals surface area contributed by atoms with Gasteiger partial charge in [0.25, 0.3) is 5.56 Å². The number of halogens is 2. The lowest BCUT2D eigenvalue weighted by Crippen LogP contribution is -2.43. The van der Waals surface area contributed by atoms with Gasteiger partial charge in [-0.05, 0) is 38.0 Å². The first kappa shape index (κ1) is 23.1. The molecule has 1 aliphatic rings. The summed E-state index contributed by atoms with van der Waals surface area (Å²) >= 11 is 7.17. The van der Waals surface area contributed by atoms with E-state index in [2.05, 4.69) is 20.6 Å². The lowest BCUT2D eigenvalue weighted by atomic mass is 9.97. The molecule has 4 rings (SSSR count). The van der Waals surface area contributed by atoms with Gasteiger partial charge in [0.15, 0.2) is 10.8 Å². The SMILES string of the molecule is CCNC(=O)[C@H]1CCCN(c2nc3ncn(CC(=O)Nc4cc(F)ccc4Cl)c(=O)c3s2)C1. The van der Waals surface area contributed by atoms with Crippen LogP contribution in [0.15, 0.2) is 29.3 Å². The fourth-order valence-corrected chi connectivity index (χ4v) is 4.87. The van der Waals surface area contributed by atoms with E-state index in [9.17, 15) is 18.8 Å². The van der Waals surface area contributed by atoms with Crippen LogP contribution in [0.25, 0.3) is 10.3 Å². The molecule has 1 saturated heterocycles. The van der Waals surface area contributed by atoms with Crippen LogP contribution < -0.4 is 21.1 Å². The highest BCUT2D eigenvalue weighted by molar-refractivity contribution is 7.22. The van der Waals surface area contributed by atoms with Crippen LogP contribution in [0.2, 0.25) is 5.02 Å². The normalized spacial score (nSPS) is 16.1. The second-order valence-corrected chi connectivity index (χ2v) is 9.06. The molecule has 0 aliphatic carbocycles. The summed E-state index contributed by atoms with van der Waals surface area (Å²) in [6.45, 7) is 3.41. The number of hydrogen-bond acceptors (Lipinski definition) is 7. The maximum Gasteiger partial charge on any atom is 0.273 e. The minimum Gasteiger partial charge on any atom is -0.356 e. The van der Waals surface area contributed by atoms with E-state index in [1.165, 1.54) is 34.4 Å². The van der Waals surface area contributed by atoms with Crippen molar-refractivity contribution in [3.63, 3.8) is 0 Å². The van der Waals surface area contributed by atoms with Crippen LogP contribution >= 0.6 is 22.9 Å². The van der Waals surface area contributed by atoms with Gasteiger partial charge in [0.2, 0.25) is 11.8 Å². The van der Waals surface area contributed by atoms with Gasteiger partial charge in [-0.3, -0.25) is 19.0 Å². The van der Waals surface area contributed by atoms with E-state index in [0.29, 0.717) is 28.6 Å². The molecule has 0 radical (unpaired) electrons. The topological polar surface area (TPSA) is 109 Å². The zero-order valence-electron chi connectivity index (χ0n) is 17.8. The Morgan fingerprint density at radius 2 is 2.18 bits per heavy atom. The number of carbonyl (C=O) groups is 2. The van der Waals surface area contributed by atoms with Gasteiger partial charge in [0.05, 0.1) is 16.6 Å². The number of thiazole rings is 1. The third-order valence-corrected chi connectivity index (χ3v) is 6.73. The molecule has 2 aromatic heterocycles. The Hall–Kier alpha value is -3.05. The van der Waals surface area contributed by atoms with Gasteiger partial charge in [-0.2, -0.15) is 4.98 Å². The average Bonchev–Trinajstić information content (AvgIpc) is 3.24. The molecule has 33 heavy (non-hydrogen) atoms. The Bertz CT molecular complexity index is 1260. The summed E-state index contributed by atoms with van der Waals surface area (Å²) < 4.78 is 14.9. The quantitative estimate of drug-likeness (QED) is 0.547. The van der Waals surface area contributed by atoms with Gasteiger partial charge in [0, 0.05) is 19.6 Å². The van der Waals surface area contributed by atoms with E-state index >= 15 is 0 Å². The molecule has 2 N–H and O–H groups in total. The zero-order chi connectivity index (χ0) is 23.5. The molecule has 0 unspecified atom stereocenters. The van der Waals surface area contributed by atoms with Crippen LogP contribution in [-0.4, -0.2) is 46.0 Å². The van der Waals surface area contributed by atoms with E-state index in [4.69, 9.17) is 11.6 Å². The molecule has 0 bridgehead atoms. The van der Waals surface area contributed by atoms with Crippen LogP contribution in [0.5, 0.6) is 0 Å². The summed E-state index contributed by atoms with van der Waals surface area (Å²) in [7, 11) is 0. The fraction of sp³-hybridized carbons (Fsp3) is 0.381. The van der Waals surface area contributed by atoms with Gasteiger partial charge in [0.1, 0.15) is 23.4 Å². The summed E-state index contributed by atoms with van der Waals surface area (Å²) in [6, 6.07) is 3.62. The van der Waals surface area contributed by atoms with Crippen molar-refractivity contribution in [3.8, 4) is 0 Å². The molecular weight excluding hydrogens is 471 g/mol. The number of fused-ring (bicyclic) bond motifs is 1. The van der Waals surface area contributed by atoms with Crippen molar-refractivity contribution in [1.29, 1.82) is 0 Å². The Balaban J connectivity index is 1.51. The minimum atomic E-state index is -0.545. The molecule has 2 amide bonds. The van der Waals surface area contributed by atoms with Crippen LogP contribution in [0.4, 0.5) is 15.2 Å². The van der Waals surface area contributed by atoms with E-state index in [-0.39, 0.29) is 29.1 Å². The van der Waals surface area contributed by atoms with Gasteiger partial charge >= 0.3 is 0 Å². The van der Waals surface area contributed by atoms with Gasteiger partial charge in [-0.25, -0.2) is 9.37 Å². The zero-order valence-corrected chi connectivity index (χ0v) is 19.4. The van der Waals surface area contributed by atoms with Gasteiger partial charge in [-0.15, -0.1) is 0 Å². The molecule has 1 atom stereocenters. The highest BCUT2D eigenvalue weighted by Crippen LogP contribution is 2.29. The molecule has 1 aromatic carbocycles. The number of piperidine rings is 1. The summed E-state index contributed by atoms with van der Waals surface area (Å²) in [5.41, 5.74) is 0.0158. The number of hydrogen-bond donors (Lipinski definition) is 2. The smallest absolute Gasteiger partial charge is 0.273 e. The molecule has 1 fully saturated rings. The first-order valence-corrected chi connectivity index (χ1v) is 11.7. The molecule has 174 valence electrons. The predicted octanol–water partition coefficient (Wildman–Crippen LogP) is 2.64. The summed E-state index contributed by atoms with van der Waals surface area (Å²) in [5.74, 6) is -1.20. The maximum absolute atomic E-state index is 13.4. The van der Waals surface area contributed by atoms with Crippen molar-refractivity contribution in [2.24, 2.45) is 5.92 Å². The van der Waals surface area contributed by atoms with Crippen LogP contribution in [0, 0.1) is 11.7 Å². The molecular formula is C21H22ClFN6O3S. The van der Waals surface area contributed by atoms with E-state index in [1.54, 1.807) is 0 Å². The molecule has 1 aliphatic heterocycles. The van der Waals surface area contributed by atoms with Crippen molar-refractivity contribution in [3.05, 3.63) is 45.7 Å². The predicted molar refractivity (Wildman–Crippen MR) is 125 cm³/mol.